The quantitative estimate of drug-likeness (QED) is 0.658. The Bertz CT molecular complexity index is 932. The number of nitrogens with zero attached hydrogens (tertiary/aromatic N) is 2. The second-order valence-corrected chi connectivity index (χ2v) is 6.80. The van der Waals surface area contributed by atoms with Crippen molar-refractivity contribution in [3.05, 3.63) is 65.9 Å². The average Bonchev–Trinajstić information content (AvgIpc) is 3.16. The number of benzene rings is 2. The molecule has 0 saturated carbocycles. The second kappa shape index (κ2) is 7.37. The zero-order chi connectivity index (χ0) is 18.8. The first-order chi connectivity index (χ1) is 13.2. The first-order valence-electron chi connectivity index (χ1n) is 9.12. The van der Waals surface area contributed by atoms with Gasteiger partial charge >= 0.3 is 5.97 Å². The van der Waals surface area contributed by atoms with E-state index in [2.05, 4.69) is 46.5 Å². The zero-order valence-corrected chi connectivity index (χ0v) is 15.5. The highest BCUT2D eigenvalue weighted by molar-refractivity contribution is 5.75. The van der Waals surface area contributed by atoms with Crippen LogP contribution in [0.25, 0.3) is 22.4 Å². The Morgan fingerprint density at radius 1 is 1.07 bits per heavy atom. The Labute approximate surface area is 158 Å². The lowest BCUT2D eigenvalue weighted by Gasteiger charge is -2.30. The van der Waals surface area contributed by atoms with E-state index in [0.717, 1.165) is 41.1 Å². The summed E-state index contributed by atoms with van der Waals surface area (Å²) in [7, 11) is 1.42. The van der Waals surface area contributed by atoms with Gasteiger partial charge in [-0.1, -0.05) is 59.8 Å². The summed E-state index contributed by atoms with van der Waals surface area (Å²) in [5.41, 5.74) is 5.28. The number of carbonyl (C=O) groups excluding carboxylic acids is 1. The van der Waals surface area contributed by atoms with Gasteiger partial charge in [0.2, 0.25) is 0 Å². The fourth-order valence-electron chi connectivity index (χ4n) is 3.56. The van der Waals surface area contributed by atoms with Gasteiger partial charge in [0.15, 0.2) is 0 Å². The summed E-state index contributed by atoms with van der Waals surface area (Å²) in [5.74, 6) is 0.689. The molecule has 2 heterocycles. The minimum atomic E-state index is -0.286. The third-order valence-electron chi connectivity index (χ3n) is 5.21. The summed E-state index contributed by atoms with van der Waals surface area (Å²) in [5, 5.41) is 4.31. The van der Waals surface area contributed by atoms with Crippen LogP contribution in [0.15, 0.2) is 59.1 Å². The van der Waals surface area contributed by atoms with E-state index in [4.69, 9.17) is 9.26 Å². The summed E-state index contributed by atoms with van der Waals surface area (Å²) >= 11 is 0. The van der Waals surface area contributed by atoms with E-state index < -0.39 is 0 Å². The summed E-state index contributed by atoms with van der Waals surface area (Å²) in [6, 6.07) is 18.3. The number of esters is 1. The van der Waals surface area contributed by atoms with Crippen LogP contribution in [0.2, 0.25) is 0 Å². The van der Waals surface area contributed by atoms with E-state index in [1.165, 1.54) is 12.7 Å². The van der Waals surface area contributed by atoms with E-state index in [0.29, 0.717) is 6.54 Å². The third-order valence-corrected chi connectivity index (χ3v) is 5.21. The number of fused-ring (bicyclic) bond motifs is 1. The molecule has 0 amide bonds. The minimum absolute atomic E-state index is 0.219. The highest BCUT2D eigenvalue weighted by atomic mass is 16.5. The molecule has 1 aliphatic rings. The highest BCUT2D eigenvalue weighted by Gasteiger charge is 2.30. The van der Waals surface area contributed by atoms with Gasteiger partial charge in [0, 0.05) is 30.6 Å². The van der Waals surface area contributed by atoms with Crippen LogP contribution in [0, 0.1) is 0 Å². The number of aromatic nitrogens is 1. The van der Waals surface area contributed by atoms with E-state index in [1.54, 1.807) is 0 Å². The molecule has 1 aromatic heterocycles. The lowest BCUT2D eigenvalue weighted by Crippen LogP contribution is -2.42. The predicted molar refractivity (Wildman–Crippen MR) is 103 cm³/mol. The normalized spacial score (nSPS) is 15.2. The third kappa shape index (κ3) is 3.38. The van der Waals surface area contributed by atoms with Gasteiger partial charge in [-0.05, 0) is 18.1 Å². The van der Waals surface area contributed by atoms with Crippen molar-refractivity contribution in [1.82, 2.24) is 10.1 Å². The molecule has 0 radical (unpaired) electrons. The maximum Gasteiger partial charge on any atom is 0.322 e. The van der Waals surface area contributed by atoms with Crippen molar-refractivity contribution >= 4 is 5.97 Å². The Morgan fingerprint density at radius 3 is 2.44 bits per heavy atom. The van der Waals surface area contributed by atoms with Gasteiger partial charge in [-0.25, -0.2) is 0 Å². The molecule has 0 bridgehead atoms. The first-order valence-corrected chi connectivity index (χ1v) is 9.12. The molecule has 0 aliphatic carbocycles. The lowest BCUT2D eigenvalue weighted by molar-refractivity contribution is -0.146. The van der Waals surface area contributed by atoms with Crippen LogP contribution in [-0.4, -0.2) is 35.7 Å². The Kier molecular flexibility index (Phi) is 4.77. The van der Waals surface area contributed by atoms with Gasteiger partial charge in [0.25, 0.3) is 0 Å². The second-order valence-electron chi connectivity index (χ2n) is 6.80. The molecule has 0 saturated heterocycles. The Balaban J connectivity index is 1.60. The number of rotatable bonds is 4. The zero-order valence-electron chi connectivity index (χ0n) is 15.5. The van der Waals surface area contributed by atoms with Crippen molar-refractivity contribution in [2.45, 2.75) is 25.9 Å². The van der Waals surface area contributed by atoms with Crippen LogP contribution >= 0.6 is 0 Å². The topological polar surface area (TPSA) is 55.6 Å². The van der Waals surface area contributed by atoms with Crippen LogP contribution in [0.3, 0.4) is 0 Å². The van der Waals surface area contributed by atoms with Crippen LogP contribution in [0.1, 0.15) is 18.2 Å². The van der Waals surface area contributed by atoms with Crippen molar-refractivity contribution in [3.63, 3.8) is 0 Å². The van der Waals surface area contributed by atoms with Gasteiger partial charge in [-0.3, -0.25) is 9.69 Å². The SMILES string of the molecule is COC(=O)[C@H](C)N1CCc2onc(-c3ccc(-c4ccccc4)cc3)c2C1. The molecule has 0 spiro atoms. The molecule has 138 valence electrons. The van der Waals surface area contributed by atoms with Crippen molar-refractivity contribution in [3.8, 4) is 22.4 Å². The smallest absolute Gasteiger partial charge is 0.322 e. The summed E-state index contributed by atoms with van der Waals surface area (Å²) in [6.07, 6.45) is 0.742. The maximum absolute atomic E-state index is 11.9. The standard InChI is InChI=1S/C22H22N2O3/c1-15(22(25)26-2)24-13-12-20-19(14-24)21(23-27-20)18-10-8-17(9-11-18)16-6-4-3-5-7-16/h3-11,15H,12-14H2,1-2H3/t15-/m0/s1. The molecule has 4 rings (SSSR count). The first kappa shape index (κ1) is 17.5. The molecule has 0 N–H and O–H groups in total. The predicted octanol–water partition coefficient (Wildman–Crippen LogP) is 3.93. The van der Waals surface area contributed by atoms with Crippen LogP contribution in [-0.2, 0) is 22.5 Å². The summed E-state index contributed by atoms with van der Waals surface area (Å²) in [6.45, 7) is 3.26. The van der Waals surface area contributed by atoms with Gasteiger partial charge < -0.3 is 9.26 Å². The minimum Gasteiger partial charge on any atom is -0.468 e. The molecule has 1 atom stereocenters. The molecule has 2 aromatic carbocycles. The van der Waals surface area contributed by atoms with Crippen molar-refractivity contribution in [2.24, 2.45) is 0 Å². The maximum atomic E-state index is 11.9. The van der Waals surface area contributed by atoms with Crippen molar-refractivity contribution in [2.75, 3.05) is 13.7 Å². The number of hydrogen-bond acceptors (Lipinski definition) is 5. The van der Waals surface area contributed by atoms with E-state index in [1.807, 2.05) is 25.1 Å². The van der Waals surface area contributed by atoms with Gasteiger partial charge in [0.05, 0.1) is 7.11 Å². The molecule has 5 heteroatoms. The highest BCUT2D eigenvalue weighted by Crippen LogP contribution is 2.32. The van der Waals surface area contributed by atoms with E-state index in [-0.39, 0.29) is 12.0 Å². The molecule has 0 unspecified atom stereocenters. The molecule has 27 heavy (non-hydrogen) atoms. The monoisotopic (exact) mass is 362 g/mol. The molecular weight excluding hydrogens is 340 g/mol. The van der Waals surface area contributed by atoms with Crippen molar-refractivity contribution < 1.29 is 14.1 Å². The molecule has 3 aromatic rings. The number of hydrogen-bond donors (Lipinski definition) is 0. The summed E-state index contributed by atoms with van der Waals surface area (Å²) in [4.78, 5) is 14.0. The lowest BCUT2D eigenvalue weighted by atomic mass is 9.98. The van der Waals surface area contributed by atoms with Gasteiger partial charge in [-0.15, -0.1) is 0 Å². The fraction of sp³-hybridized carbons (Fsp3) is 0.273. The number of carbonyl (C=O) groups is 1. The largest absolute Gasteiger partial charge is 0.468 e. The van der Waals surface area contributed by atoms with Crippen LogP contribution in [0.5, 0.6) is 0 Å². The molecule has 5 nitrogen and oxygen atoms in total. The van der Waals surface area contributed by atoms with Gasteiger partial charge in [-0.2, -0.15) is 0 Å². The average molecular weight is 362 g/mol. The molecule has 0 fully saturated rings. The van der Waals surface area contributed by atoms with Crippen LogP contribution in [0.4, 0.5) is 0 Å². The Hall–Kier alpha value is -2.92. The van der Waals surface area contributed by atoms with E-state index >= 15 is 0 Å². The van der Waals surface area contributed by atoms with Crippen molar-refractivity contribution in [1.29, 1.82) is 0 Å². The van der Waals surface area contributed by atoms with E-state index in [9.17, 15) is 4.79 Å². The molecular formula is C22H22N2O3. The summed E-state index contributed by atoms with van der Waals surface area (Å²) < 4.78 is 10.5. The van der Waals surface area contributed by atoms with Crippen LogP contribution < -0.4 is 0 Å². The van der Waals surface area contributed by atoms with Gasteiger partial charge in [0.1, 0.15) is 17.5 Å². The number of methoxy groups -OCH3 is 1. The number of ether oxygens (including phenoxy) is 1. The fourth-order valence-corrected chi connectivity index (χ4v) is 3.56. The Morgan fingerprint density at radius 2 is 1.74 bits per heavy atom. The molecule has 1 aliphatic heterocycles.